The third-order valence-corrected chi connectivity index (χ3v) is 7.40. The third-order valence-electron chi connectivity index (χ3n) is 6.48. The molecule has 2 heterocycles. The van der Waals surface area contributed by atoms with E-state index in [0.717, 1.165) is 31.2 Å². The summed E-state index contributed by atoms with van der Waals surface area (Å²) in [6.45, 7) is 0.960. The van der Waals surface area contributed by atoms with Crippen molar-refractivity contribution in [2.75, 3.05) is 20.8 Å². The second-order valence-corrected chi connectivity index (χ2v) is 9.71. The molecule has 0 radical (unpaired) electrons. The minimum Gasteiger partial charge on any atom is -0.494 e. The Morgan fingerprint density at radius 3 is 2.75 bits per heavy atom. The number of hydrogen-bond donors (Lipinski definition) is 3. The number of thiophene rings is 1. The second-order valence-electron chi connectivity index (χ2n) is 8.85. The SMILES string of the molecule is CNC(=O)C1CCC(COCc2csc3nc(C(=O)NCc4ccc(F)c(OC)c4)[nH]c(=O)c23)CC1. The Hall–Kier alpha value is -3.31. The quantitative estimate of drug-likeness (QED) is 0.402. The van der Waals surface area contributed by atoms with E-state index in [1.807, 2.05) is 5.38 Å². The first kappa shape index (κ1) is 25.8. The first-order chi connectivity index (χ1) is 17.4. The minimum absolute atomic E-state index is 0.0830. The van der Waals surface area contributed by atoms with Crippen molar-refractivity contribution in [3.63, 3.8) is 0 Å². The summed E-state index contributed by atoms with van der Waals surface area (Å²) >= 11 is 1.28. The lowest BCUT2D eigenvalue weighted by atomic mass is 9.82. The van der Waals surface area contributed by atoms with E-state index in [2.05, 4.69) is 20.6 Å². The largest absolute Gasteiger partial charge is 0.494 e. The molecule has 0 atom stereocenters. The number of ether oxygens (including phenoxy) is 2. The molecule has 0 spiro atoms. The normalized spacial score (nSPS) is 17.6. The highest BCUT2D eigenvalue weighted by molar-refractivity contribution is 7.16. The fourth-order valence-electron chi connectivity index (χ4n) is 4.43. The molecular weight excluding hydrogens is 487 g/mol. The van der Waals surface area contributed by atoms with Gasteiger partial charge in [0, 0.05) is 31.7 Å². The van der Waals surface area contributed by atoms with Crippen LogP contribution in [-0.2, 0) is 22.7 Å². The number of H-pyrrole nitrogens is 1. The van der Waals surface area contributed by atoms with E-state index >= 15 is 0 Å². The molecule has 192 valence electrons. The summed E-state index contributed by atoms with van der Waals surface area (Å²) in [5.74, 6) is -0.464. The second kappa shape index (κ2) is 11.6. The molecule has 1 aromatic carbocycles. The molecule has 1 fully saturated rings. The number of carbonyl (C=O) groups is 2. The Balaban J connectivity index is 1.33. The van der Waals surface area contributed by atoms with E-state index in [1.54, 1.807) is 7.05 Å². The van der Waals surface area contributed by atoms with Gasteiger partial charge in [-0.2, -0.15) is 0 Å². The zero-order valence-corrected chi connectivity index (χ0v) is 21.0. The molecule has 0 unspecified atom stereocenters. The van der Waals surface area contributed by atoms with E-state index in [-0.39, 0.29) is 36.6 Å². The van der Waals surface area contributed by atoms with Crippen LogP contribution in [0.3, 0.4) is 0 Å². The van der Waals surface area contributed by atoms with Crippen LogP contribution < -0.4 is 20.9 Å². The van der Waals surface area contributed by atoms with Crippen LogP contribution in [-0.4, -0.2) is 42.5 Å². The van der Waals surface area contributed by atoms with E-state index in [9.17, 15) is 18.8 Å². The lowest BCUT2D eigenvalue weighted by Crippen LogP contribution is -2.31. The number of halogens is 1. The van der Waals surface area contributed by atoms with E-state index in [1.165, 1.54) is 36.6 Å². The molecule has 0 saturated heterocycles. The minimum atomic E-state index is -0.546. The van der Waals surface area contributed by atoms with Crippen molar-refractivity contribution in [1.29, 1.82) is 0 Å². The summed E-state index contributed by atoms with van der Waals surface area (Å²) in [5.41, 5.74) is 0.968. The number of nitrogens with one attached hydrogen (secondary N) is 3. The highest BCUT2D eigenvalue weighted by Gasteiger charge is 2.25. The first-order valence-corrected chi connectivity index (χ1v) is 12.7. The summed E-state index contributed by atoms with van der Waals surface area (Å²) in [6.07, 6.45) is 3.60. The molecule has 0 bridgehead atoms. The highest BCUT2D eigenvalue weighted by Crippen LogP contribution is 2.30. The number of fused-ring (bicyclic) bond motifs is 1. The Bertz CT molecular complexity index is 1300. The standard InChI is InChI=1S/C25H29FN4O5S/c1-27-22(31)16-6-3-14(4-7-16)11-35-12-17-13-36-25-20(17)23(32)29-21(30-25)24(33)28-10-15-5-8-18(26)19(9-15)34-2/h5,8-9,13-14,16H,3-4,6-7,10-12H2,1-2H3,(H,27,31)(H,28,33)(H,29,30,32). The molecule has 1 aliphatic rings. The fraction of sp³-hybridized carbons (Fsp3) is 0.440. The molecule has 1 aliphatic carbocycles. The van der Waals surface area contributed by atoms with E-state index < -0.39 is 17.3 Å². The van der Waals surface area contributed by atoms with Gasteiger partial charge in [-0.25, -0.2) is 9.37 Å². The maximum atomic E-state index is 13.6. The zero-order chi connectivity index (χ0) is 25.7. The number of rotatable bonds is 9. The fourth-order valence-corrected chi connectivity index (χ4v) is 5.36. The van der Waals surface area contributed by atoms with Gasteiger partial charge in [-0.1, -0.05) is 6.07 Å². The topological polar surface area (TPSA) is 122 Å². The number of aromatic nitrogens is 2. The van der Waals surface area contributed by atoms with Gasteiger partial charge in [0.05, 0.1) is 19.1 Å². The number of hydrogen-bond acceptors (Lipinski definition) is 7. The molecule has 2 amide bonds. The molecule has 36 heavy (non-hydrogen) atoms. The van der Waals surface area contributed by atoms with Crippen LogP contribution in [0.4, 0.5) is 4.39 Å². The maximum Gasteiger partial charge on any atom is 0.287 e. The van der Waals surface area contributed by atoms with Gasteiger partial charge in [0.2, 0.25) is 11.7 Å². The molecule has 9 nitrogen and oxygen atoms in total. The van der Waals surface area contributed by atoms with E-state index in [0.29, 0.717) is 28.3 Å². The summed E-state index contributed by atoms with van der Waals surface area (Å²) < 4.78 is 24.4. The van der Waals surface area contributed by atoms with Crippen LogP contribution in [0.5, 0.6) is 5.75 Å². The van der Waals surface area contributed by atoms with E-state index in [4.69, 9.17) is 9.47 Å². The molecular formula is C25H29FN4O5S. The molecule has 4 rings (SSSR count). The molecule has 2 aromatic heterocycles. The lowest BCUT2D eigenvalue weighted by molar-refractivity contribution is -0.125. The number of methoxy groups -OCH3 is 1. The smallest absolute Gasteiger partial charge is 0.287 e. The number of carbonyl (C=O) groups excluding carboxylic acids is 2. The molecule has 0 aliphatic heterocycles. The van der Waals surface area contributed by atoms with Crippen molar-refractivity contribution in [3.8, 4) is 5.75 Å². The Morgan fingerprint density at radius 1 is 1.25 bits per heavy atom. The van der Waals surface area contributed by atoms with Gasteiger partial charge in [-0.3, -0.25) is 14.4 Å². The maximum absolute atomic E-state index is 13.6. The van der Waals surface area contributed by atoms with Crippen LogP contribution in [0.15, 0.2) is 28.4 Å². The van der Waals surface area contributed by atoms with Crippen LogP contribution in [0, 0.1) is 17.7 Å². The van der Waals surface area contributed by atoms with Gasteiger partial charge in [0.25, 0.3) is 11.5 Å². The summed E-state index contributed by atoms with van der Waals surface area (Å²) in [5, 5.41) is 7.63. The summed E-state index contributed by atoms with van der Waals surface area (Å²) in [4.78, 5) is 44.4. The van der Waals surface area contributed by atoms with Gasteiger partial charge in [-0.15, -0.1) is 11.3 Å². The average Bonchev–Trinajstić information content (AvgIpc) is 3.31. The first-order valence-electron chi connectivity index (χ1n) is 11.8. The van der Waals surface area contributed by atoms with Crippen LogP contribution >= 0.6 is 11.3 Å². The number of amides is 2. The van der Waals surface area contributed by atoms with Crippen molar-refractivity contribution < 1.29 is 23.5 Å². The summed E-state index contributed by atoms with van der Waals surface area (Å²) in [6, 6.07) is 4.29. The van der Waals surface area contributed by atoms with Crippen molar-refractivity contribution in [2.45, 2.75) is 38.8 Å². The molecule has 3 aromatic rings. The predicted molar refractivity (Wildman–Crippen MR) is 134 cm³/mol. The lowest BCUT2D eigenvalue weighted by Gasteiger charge is -2.27. The van der Waals surface area contributed by atoms with Crippen molar-refractivity contribution in [2.24, 2.45) is 11.8 Å². The Morgan fingerprint density at radius 2 is 2.03 bits per heavy atom. The molecule has 11 heteroatoms. The van der Waals surface area contributed by atoms with Gasteiger partial charge in [0.15, 0.2) is 11.6 Å². The van der Waals surface area contributed by atoms with Crippen LogP contribution in [0.1, 0.15) is 47.4 Å². The number of nitrogens with zero attached hydrogens (tertiary/aromatic N) is 1. The molecule has 3 N–H and O–H groups in total. The van der Waals surface area contributed by atoms with Gasteiger partial charge in [-0.05, 0) is 54.7 Å². The molecule has 1 saturated carbocycles. The van der Waals surface area contributed by atoms with Crippen molar-refractivity contribution in [3.05, 3.63) is 56.7 Å². The van der Waals surface area contributed by atoms with Gasteiger partial charge in [0.1, 0.15) is 4.83 Å². The average molecular weight is 517 g/mol. The Kier molecular flexibility index (Phi) is 8.32. The summed E-state index contributed by atoms with van der Waals surface area (Å²) in [7, 11) is 3.03. The monoisotopic (exact) mass is 516 g/mol. The van der Waals surface area contributed by atoms with Crippen LogP contribution in [0.25, 0.3) is 10.2 Å². The van der Waals surface area contributed by atoms with Crippen LogP contribution in [0.2, 0.25) is 0 Å². The predicted octanol–water partition coefficient (Wildman–Crippen LogP) is 3.13. The Labute approximate surface area is 211 Å². The van der Waals surface area contributed by atoms with Gasteiger partial charge < -0.3 is 25.1 Å². The number of aromatic amines is 1. The zero-order valence-electron chi connectivity index (χ0n) is 20.2. The highest BCUT2D eigenvalue weighted by atomic mass is 32.1. The van der Waals surface area contributed by atoms with Gasteiger partial charge >= 0.3 is 0 Å². The van der Waals surface area contributed by atoms with Crippen molar-refractivity contribution >= 4 is 33.4 Å². The third kappa shape index (κ3) is 5.90. The number of benzene rings is 1. The van der Waals surface area contributed by atoms with Crippen molar-refractivity contribution in [1.82, 2.24) is 20.6 Å².